The van der Waals surface area contributed by atoms with Gasteiger partial charge in [0.05, 0.1) is 0 Å². The molecule has 74 valence electrons. The molecule has 0 bridgehead atoms. The maximum atomic E-state index is 11.7. The second kappa shape index (κ2) is 4.06. The molecule has 1 atom stereocenters. The van der Waals surface area contributed by atoms with Gasteiger partial charge >= 0.3 is 12.1 Å². The maximum absolute atomic E-state index is 11.7. The molecule has 0 aliphatic heterocycles. The van der Waals surface area contributed by atoms with Gasteiger partial charge in [-0.3, -0.25) is 9.59 Å². The molecule has 0 aliphatic rings. The van der Waals surface area contributed by atoms with Crippen LogP contribution in [-0.4, -0.2) is 23.0 Å². The largest absolute Gasteiger partial charge is 0.481 e. The van der Waals surface area contributed by atoms with Gasteiger partial charge in [0.15, 0.2) is 0 Å². The average Bonchev–Trinajstić information content (AvgIpc) is 1.96. The van der Waals surface area contributed by atoms with E-state index in [9.17, 15) is 22.8 Å². The SMILES string of the molecule is C=CCC(C(=O)O)C(=O)C(F)(F)F. The van der Waals surface area contributed by atoms with Gasteiger partial charge < -0.3 is 5.11 Å². The average molecular weight is 196 g/mol. The van der Waals surface area contributed by atoms with Gasteiger partial charge in [-0.25, -0.2) is 0 Å². The topological polar surface area (TPSA) is 54.4 Å². The lowest BCUT2D eigenvalue weighted by atomic mass is 10.0. The monoisotopic (exact) mass is 196 g/mol. The van der Waals surface area contributed by atoms with E-state index in [1.807, 2.05) is 0 Å². The number of carbonyl (C=O) groups is 2. The molecular weight excluding hydrogens is 189 g/mol. The molecular formula is C7H7F3O3. The summed E-state index contributed by atoms with van der Waals surface area (Å²) < 4.78 is 35.2. The lowest BCUT2D eigenvalue weighted by molar-refractivity contribution is -0.179. The van der Waals surface area contributed by atoms with Crippen LogP contribution in [0.25, 0.3) is 0 Å². The third kappa shape index (κ3) is 3.27. The Hall–Kier alpha value is -1.33. The summed E-state index contributed by atoms with van der Waals surface area (Å²) in [6.45, 7) is 3.06. The molecule has 0 aromatic carbocycles. The molecule has 0 spiro atoms. The molecule has 0 aromatic heterocycles. The first kappa shape index (κ1) is 11.7. The maximum Gasteiger partial charge on any atom is 0.450 e. The van der Waals surface area contributed by atoms with E-state index in [-0.39, 0.29) is 0 Å². The predicted molar refractivity (Wildman–Crippen MR) is 37.0 cm³/mol. The minimum absolute atomic E-state index is 0.520. The second-order valence-electron chi connectivity index (χ2n) is 2.28. The molecule has 0 heterocycles. The number of Topliss-reactive ketones (excluding diaryl/α,β-unsaturated/α-hetero) is 1. The summed E-state index contributed by atoms with van der Waals surface area (Å²) in [5.41, 5.74) is 0. The Bertz CT molecular complexity index is 232. The molecule has 0 saturated heterocycles. The van der Waals surface area contributed by atoms with Gasteiger partial charge in [0, 0.05) is 0 Å². The van der Waals surface area contributed by atoms with Gasteiger partial charge in [-0.05, 0) is 6.42 Å². The van der Waals surface area contributed by atoms with Crippen LogP contribution in [-0.2, 0) is 9.59 Å². The minimum Gasteiger partial charge on any atom is -0.481 e. The number of allylic oxidation sites excluding steroid dienone is 1. The predicted octanol–water partition coefficient (Wildman–Crippen LogP) is 1.39. The number of hydrogen-bond donors (Lipinski definition) is 1. The molecule has 0 radical (unpaired) electrons. The van der Waals surface area contributed by atoms with E-state index < -0.39 is 30.3 Å². The van der Waals surface area contributed by atoms with Gasteiger partial charge in [0.2, 0.25) is 0 Å². The van der Waals surface area contributed by atoms with Crippen molar-refractivity contribution in [2.45, 2.75) is 12.6 Å². The lowest BCUT2D eigenvalue weighted by Gasteiger charge is -2.10. The molecule has 13 heavy (non-hydrogen) atoms. The van der Waals surface area contributed by atoms with Gasteiger partial charge in [0.1, 0.15) is 5.92 Å². The van der Waals surface area contributed by atoms with Crippen molar-refractivity contribution in [2.24, 2.45) is 5.92 Å². The molecule has 0 saturated carbocycles. The number of carboxylic acid groups (broad SMARTS) is 1. The van der Waals surface area contributed by atoms with Crippen molar-refractivity contribution in [3.05, 3.63) is 12.7 Å². The Morgan fingerprint density at radius 3 is 2.15 bits per heavy atom. The van der Waals surface area contributed by atoms with Crippen molar-refractivity contribution in [3.63, 3.8) is 0 Å². The highest BCUT2D eigenvalue weighted by molar-refractivity contribution is 6.01. The fraction of sp³-hybridized carbons (Fsp3) is 0.429. The van der Waals surface area contributed by atoms with Crippen LogP contribution in [0.3, 0.4) is 0 Å². The van der Waals surface area contributed by atoms with Gasteiger partial charge in [-0.15, -0.1) is 6.58 Å². The summed E-state index contributed by atoms with van der Waals surface area (Å²) in [4.78, 5) is 20.7. The zero-order valence-electron chi connectivity index (χ0n) is 6.47. The number of aliphatic carboxylic acids is 1. The van der Waals surface area contributed by atoms with Crippen molar-refractivity contribution in [3.8, 4) is 0 Å². The summed E-state index contributed by atoms with van der Waals surface area (Å²) in [6, 6.07) is 0. The van der Waals surface area contributed by atoms with Gasteiger partial charge in [-0.1, -0.05) is 6.08 Å². The number of rotatable bonds is 4. The summed E-state index contributed by atoms with van der Waals surface area (Å²) >= 11 is 0. The summed E-state index contributed by atoms with van der Waals surface area (Å²) in [6.07, 6.45) is -4.66. The lowest BCUT2D eigenvalue weighted by Crippen LogP contribution is -2.34. The third-order valence-corrected chi connectivity index (χ3v) is 1.30. The molecule has 3 nitrogen and oxygen atoms in total. The van der Waals surface area contributed by atoms with E-state index in [4.69, 9.17) is 5.11 Å². The molecule has 1 N–H and O–H groups in total. The van der Waals surface area contributed by atoms with Gasteiger partial charge in [0.25, 0.3) is 5.78 Å². The number of carboxylic acids is 1. The number of halogens is 3. The van der Waals surface area contributed by atoms with Crippen LogP contribution in [0.2, 0.25) is 0 Å². The number of ketones is 1. The second-order valence-corrected chi connectivity index (χ2v) is 2.28. The van der Waals surface area contributed by atoms with Crippen LogP contribution in [0, 0.1) is 5.92 Å². The molecule has 0 amide bonds. The Balaban J connectivity index is 4.66. The Kier molecular flexibility index (Phi) is 3.65. The zero-order valence-corrected chi connectivity index (χ0v) is 6.47. The van der Waals surface area contributed by atoms with Crippen LogP contribution >= 0.6 is 0 Å². The quantitative estimate of drug-likeness (QED) is 0.546. The molecule has 0 fully saturated rings. The summed E-state index contributed by atoms with van der Waals surface area (Å²) in [7, 11) is 0. The smallest absolute Gasteiger partial charge is 0.450 e. The van der Waals surface area contributed by atoms with Crippen LogP contribution in [0.4, 0.5) is 13.2 Å². The van der Waals surface area contributed by atoms with E-state index in [1.165, 1.54) is 0 Å². The van der Waals surface area contributed by atoms with Gasteiger partial charge in [-0.2, -0.15) is 13.2 Å². The molecule has 0 aliphatic carbocycles. The zero-order chi connectivity index (χ0) is 10.6. The first-order chi connectivity index (χ1) is 5.80. The molecule has 0 rings (SSSR count). The first-order valence-electron chi connectivity index (χ1n) is 3.25. The number of carbonyl (C=O) groups excluding carboxylic acids is 1. The number of hydrogen-bond acceptors (Lipinski definition) is 2. The Labute approximate surface area is 71.9 Å². The van der Waals surface area contributed by atoms with Crippen molar-refractivity contribution >= 4 is 11.8 Å². The highest BCUT2D eigenvalue weighted by Crippen LogP contribution is 2.23. The van der Waals surface area contributed by atoms with Crippen LogP contribution < -0.4 is 0 Å². The Morgan fingerprint density at radius 2 is 1.92 bits per heavy atom. The highest BCUT2D eigenvalue weighted by Gasteiger charge is 2.45. The van der Waals surface area contributed by atoms with E-state index in [0.717, 1.165) is 6.08 Å². The van der Waals surface area contributed by atoms with Crippen molar-refractivity contribution in [2.75, 3.05) is 0 Å². The van der Waals surface area contributed by atoms with Crippen LogP contribution in [0.5, 0.6) is 0 Å². The van der Waals surface area contributed by atoms with Crippen molar-refractivity contribution in [1.29, 1.82) is 0 Å². The fourth-order valence-electron chi connectivity index (χ4n) is 0.684. The standard InChI is InChI=1S/C7H7F3O3/c1-2-3-4(6(12)13)5(11)7(8,9)10/h2,4H,1,3H2,(H,12,13). The first-order valence-corrected chi connectivity index (χ1v) is 3.25. The minimum atomic E-state index is -5.11. The van der Waals surface area contributed by atoms with E-state index in [0.29, 0.717) is 0 Å². The normalized spacial score (nSPS) is 13.5. The fourth-order valence-corrected chi connectivity index (χ4v) is 0.684. The summed E-state index contributed by atoms with van der Waals surface area (Å²) in [5.74, 6) is -6.11. The van der Waals surface area contributed by atoms with Crippen molar-refractivity contribution < 1.29 is 27.9 Å². The molecule has 1 unspecified atom stereocenters. The van der Waals surface area contributed by atoms with E-state index in [1.54, 1.807) is 0 Å². The summed E-state index contributed by atoms with van der Waals surface area (Å²) in [5, 5.41) is 8.27. The molecule has 6 heteroatoms. The third-order valence-electron chi connectivity index (χ3n) is 1.30. The number of alkyl halides is 3. The van der Waals surface area contributed by atoms with Crippen LogP contribution in [0.1, 0.15) is 6.42 Å². The Morgan fingerprint density at radius 1 is 1.46 bits per heavy atom. The highest BCUT2D eigenvalue weighted by atomic mass is 19.4. The molecule has 0 aromatic rings. The van der Waals surface area contributed by atoms with E-state index in [2.05, 4.69) is 6.58 Å². The van der Waals surface area contributed by atoms with E-state index >= 15 is 0 Å². The van der Waals surface area contributed by atoms with Crippen LogP contribution in [0.15, 0.2) is 12.7 Å². The van der Waals surface area contributed by atoms with Crippen molar-refractivity contribution in [1.82, 2.24) is 0 Å².